The van der Waals surface area contributed by atoms with E-state index in [1.807, 2.05) is 0 Å². The average molecular weight is 1750 g/mol. The zero-order valence-electron chi connectivity index (χ0n) is 82.1. The maximum absolute atomic E-state index is 2.81. The Kier molecular flexibility index (Phi) is 21.6. The van der Waals surface area contributed by atoms with Crippen molar-refractivity contribution >= 4 is 101 Å². The molecule has 5 heteroatoms. The van der Waals surface area contributed by atoms with Crippen LogP contribution in [0.15, 0.2) is 364 Å². The second kappa shape index (κ2) is 33.3. The Morgan fingerprint density at radius 1 is 0.222 bits per heavy atom. The van der Waals surface area contributed by atoms with Gasteiger partial charge in [-0.25, -0.2) is 0 Å². The van der Waals surface area contributed by atoms with E-state index in [1.54, 1.807) is 0 Å². The Balaban J connectivity index is 0.939. The van der Waals surface area contributed by atoms with E-state index in [9.17, 15) is 0 Å². The number of hydrogen-bond donors (Lipinski definition) is 0. The molecule has 21 rings (SSSR count). The molecule has 0 atom stereocenters. The lowest BCUT2D eigenvalue weighted by atomic mass is 9.33. The van der Waals surface area contributed by atoms with Crippen LogP contribution in [0.25, 0.3) is 144 Å². The van der Waals surface area contributed by atoms with Crippen LogP contribution in [0.3, 0.4) is 0 Å². The number of benzene rings is 17. The number of anilines is 6. The molecular weight excluding hydrogens is 1630 g/mol. The predicted octanol–water partition coefficient (Wildman–Crippen LogP) is 34.4. The molecule has 2 aliphatic heterocycles. The summed E-state index contributed by atoms with van der Waals surface area (Å²) in [6.45, 7) is 44.6. The highest BCUT2D eigenvalue weighted by atomic mass is 15.2. The summed E-state index contributed by atoms with van der Waals surface area (Å²) in [5, 5.41) is 5.03. The lowest BCUT2D eigenvalue weighted by molar-refractivity contribution is 0.590. The second-order valence-corrected chi connectivity index (χ2v) is 44.5. The maximum atomic E-state index is 2.81. The van der Waals surface area contributed by atoms with Gasteiger partial charge in [0.1, 0.15) is 0 Å². The molecule has 0 amide bonds. The molecule has 2 aliphatic rings. The van der Waals surface area contributed by atoms with Gasteiger partial charge in [-0.1, -0.05) is 393 Å². The summed E-state index contributed by atoms with van der Waals surface area (Å²) >= 11 is 0. The third kappa shape index (κ3) is 15.9. The van der Waals surface area contributed by atoms with Gasteiger partial charge < -0.3 is 18.9 Å². The topological polar surface area (TPSA) is 16.3 Å². The van der Waals surface area contributed by atoms with Crippen LogP contribution in [0.2, 0.25) is 0 Å². The Hall–Kier alpha value is -14.0. The Labute approximate surface area is 800 Å². The van der Waals surface area contributed by atoms with E-state index in [2.05, 4.69) is 514 Å². The molecule has 135 heavy (non-hydrogen) atoms. The van der Waals surface area contributed by atoms with Gasteiger partial charge in [0.2, 0.25) is 0 Å². The molecule has 0 aliphatic carbocycles. The van der Waals surface area contributed by atoms with Gasteiger partial charge in [0.15, 0.2) is 0 Å². The summed E-state index contributed by atoms with van der Waals surface area (Å²) in [7, 11) is 0. The second-order valence-electron chi connectivity index (χ2n) is 44.5. The van der Waals surface area contributed by atoms with Crippen molar-refractivity contribution in [2.45, 2.75) is 183 Å². The molecule has 2 aromatic heterocycles. The molecule has 0 bridgehead atoms. The van der Waals surface area contributed by atoms with Crippen molar-refractivity contribution in [3.05, 3.63) is 403 Å². The van der Waals surface area contributed by atoms with Crippen molar-refractivity contribution < 1.29 is 0 Å². The first kappa shape index (κ1) is 87.6. The monoisotopic (exact) mass is 1750 g/mol. The average Bonchev–Trinajstić information content (AvgIpc) is 0.947. The first-order chi connectivity index (χ1) is 64.7. The Morgan fingerprint density at radius 2 is 0.467 bits per heavy atom. The predicted molar refractivity (Wildman–Crippen MR) is 583 cm³/mol. The zero-order valence-corrected chi connectivity index (χ0v) is 82.1. The number of aromatic nitrogens is 2. The molecule has 4 heterocycles. The summed E-state index contributed by atoms with van der Waals surface area (Å²) in [6.07, 6.45) is 2.85. The van der Waals surface area contributed by atoms with Crippen molar-refractivity contribution in [3.8, 4) is 100 Å². The number of rotatable bonds is 15. The van der Waals surface area contributed by atoms with E-state index in [4.69, 9.17) is 0 Å². The molecule has 0 N–H and O–H groups in total. The Morgan fingerprint density at radius 3 is 0.711 bits per heavy atom. The van der Waals surface area contributed by atoms with Crippen LogP contribution in [0.1, 0.15) is 183 Å². The summed E-state index contributed by atoms with van der Waals surface area (Å²) in [5.41, 5.74) is 44.1. The summed E-state index contributed by atoms with van der Waals surface area (Å²) in [5.74, 6) is 0. The summed E-state index contributed by atoms with van der Waals surface area (Å²) in [6, 6.07) is 142. The van der Waals surface area contributed by atoms with Gasteiger partial charge in [-0.3, -0.25) is 0 Å². The number of unbranched alkanes of at least 4 members (excludes halogenated alkanes) is 1. The molecule has 0 fully saturated rings. The Bertz CT molecular complexity index is 6990. The number of aryl methyl sites for hydroxylation is 1. The quantitative estimate of drug-likeness (QED) is 0.0951. The molecule has 0 unspecified atom stereocenters. The van der Waals surface area contributed by atoms with Crippen molar-refractivity contribution in [1.29, 1.82) is 0 Å². The SMILES string of the molecule is CCCCc1cc2c3c(c1)N(c1c(-c4ccc(-c5ccccc5)cc4)cc(C(C)(C)C)cc1-c1ccc(-c4ccccc4)cc1)c1cc(-n4c5ccc(C(C)(C)C)cc5c5cc(C(C)(C)C)ccc54)ccc1B3c1ccc(-n3c4ccc(C(C)(C)C)cc4c4cc(C(C)(C)C)ccc43)cc1N2c1c(-c2ccc(-c3ccccc3)cc2)cc(C(C)(C)C)cc1-c1ccc(-c2ccccc2)cc1. The highest BCUT2D eigenvalue weighted by Gasteiger charge is 2.47. The van der Waals surface area contributed by atoms with Gasteiger partial charge in [0.05, 0.1) is 33.4 Å². The lowest BCUT2D eigenvalue weighted by Crippen LogP contribution is -2.61. The van der Waals surface area contributed by atoms with E-state index >= 15 is 0 Å². The van der Waals surface area contributed by atoms with Crippen LogP contribution in [0.5, 0.6) is 0 Å². The molecule has 0 saturated heterocycles. The number of fused-ring (bicyclic) bond motifs is 10. The van der Waals surface area contributed by atoms with E-state index in [0.717, 1.165) is 109 Å². The summed E-state index contributed by atoms with van der Waals surface area (Å²) < 4.78 is 5.20. The van der Waals surface area contributed by atoms with Gasteiger partial charge in [0.25, 0.3) is 6.71 Å². The molecule has 666 valence electrons. The molecule has 0 spiro atoms. The van der Waals surface area contributed by atoms with Crippen LogP contribution in [0, 0.1) is 0 Å². The van der Waals surface area contributed by atoms with Gasteiger partial charge in [-0.2, -0.15) is 0 Å². The van der Waals surface area contributed by atoms with Gasteiger partial charge in [-0.05, 0) is 277 Å². The lowest BCUT2D eigenvalue weighted by Gasteiger charge is -2.46. The normalized spacial score (nSPS) is 13.0. The minimum Gasteiger partial charge on any atom is -0.310 e. The standard InChI is InChI=1S/C130H123BN4/c1-20-21-34-83-71-120-122-121(72-83)135(124-106(94-55-47-90(48-56-94)86-39-30-24-31-40-86)79-101(130(17,18)19)80-107(124)95-57-49-91(50-58-95)87-41-32-25-33-42-87)119-82-103(133-116-69-61-98(127(8,9)10)75-110(116)111-76-99(128(11,12)13)62-70-117(111)133)64-66-113(119)131(122)112-65-63-102(132-114-67-59-96(125(2,3)4)73-108(114)109-74-97(126(5,6)7)60-68-115(109)132)81-118(112)134(120)123-104(92-51-43-88(44-52-92)84-35-26-22-27-36-84)77-100(129(14,15)16)78-105(123)93-53-45-89(46-54-93)85-37-28-23-29-38-85/h22-33,35-82H,20-21,34H2,1-19H3. The molecule has 17 aromatic carbocycles. The third-order valence-electron chi connectivity index (χ3n) is 29.0. The molecule has 0 radical (unpaired) electrons. The van der Waals surface area contributed by atoms with E-state index in [-0.39, 0.29) is 39.2 Å². The van der Waals surface area contributed by atoms with Crippen LogP contribution >= 0.6 is 0 Å². The maximum Gasteiger partial charge on any atom is 0.252 e. The van der Waals surface area contributed by atoms with Crippen LogP contribution in [-0.2, 0) is 38.9 Å². The first-order valence-corrected chi connectivity index (χ1v) is 48.9. The van der Waals surface area contributed by atoms with Crippen molar-refractivity contribution in [2.24, 2.45) is 0 Å². The van der Waals surface area contributed by atoms with E-state index < -0.39 is 0 Å². The smallest absolute Gasteiger partial charge is 0.252 e. The fourth-order valence-electron chi connectivity index (χ4n) is 21.2. The number of hydrogen-bond acceptors (Lipinski definition) is 2. The third-order valence-corrected chi connectivity index (χ3v) is 29.0. The van der Waals surface area contributed by atoms with E-state index in [1.165, 1.54) is 143 Å². The minimum atomic E-state index is -0.313. The fraction of sp³-hybridized carbons (Fsp3) is 0.215. The van der Waals surface area contributed by atoms with E-state index in [0.29, 0.717) is 0 Å². The van der Waals surface area contributed by atoms with Crippen LogP contribution in [0.4, 0.5) is 34.1 Å². The van der Waals surface area contributed by atoms with Crippen molar-refractivity contribution in [3.63, 3.8) is 0 Å². The zero-order chi connectivity index (χ0) is 93.7. The molecule has 4 nitrogen and oxygen atoms in total. The van der Waals surface area contributed by atoms with Crippen LogP contribution < -0.4 is 26.2 Å². The highest BCUT2D eigenvalue weighted by Crippen LogP contribution is 2.57. The minimum absolute atomic E-state index is 0.0931. The molecule has 0 saturated carbocycles. The molecular formula is C130H123BN4. The van der Waals surface area contributed by atoms with Gasteiger partial charge >= 0.3 is 0 Å². The largest absolute Gasteiger partial charge is 0.310 e. The molecule has 19 aromatic rings. The number of nitrogens with zero attached hydrogens (tertiary/aromatic N) is 4. The van der Waals surface area contributed by atoms with Crippen LogP contribution in [-0.4, -0.2) is 15.8 Å². The van der Waals surface area contributed by atoms with Gasteiger partial charge in [0, 0.05) is 77.9 Å². The first-order valence-electron chi connectivity index (χ1n) is 48.9. The van der Waals surface area contributed by atoms with Crippen molar-refractivity contribution in [2.75, 3.05) is 9.80 Å². The van der Waals surface area contributed by atoms with Crippen molar-refractivity contribution in [1.82, 2.24) is 9.13 Å². The summed E-state index contributed by atoms with van der Waals surface area (Å²) in [4.78, 5) is 5.62. The van der Waals surface area contributed by atoms with Gasteiger partial charge in [-0.15, -0.1) is 0 Å². The highest BCUT2D eigenvalue weighted by molar-refractivity contribution is 7.00. The fourth-order valence-corrected chi connectivity index (χ4v) is 21.2.